The van der Waals surface area contributed by atoms with Gasteiger partial charge in [-0.1, -0.05) is 0 Å². The number of benzene rings is 1. The van der Waals surface area contributed by atoms with Gasteiger partial charge in [-0.25, -0.2) is 4.79 Å². The maximum Gasteiger partial charge on any atom is 0.344 e. The van der Waals surface area contributed by atoms with Crippen molar-refractivity contribution in [1.82, 2.24) is 0 Å². The Kier molecular flexibility index (Phi) is 3.44. The number of rotatable bonds is 4. The molecule has 0 spiro atoms. The highest BCUT2D eigenvalue weighted by Gasteiger charge is 2.15. The van der Waals surface area contributed by atoms with E-state index in [-0.39, 0.29) is 5.69 Å². The van der Waals surface area contributed by atoms with Gasteiger partial charge >= 0.3 is 5.97 Å². The topological polar surface area (TPSA) is 89.7 Å². The van der Waals surface area contributed by atoms with Gasteiger partial charge in [-0.3, -0.25) is 10.1 Å². The molecular formula is C10H11NO5. The van der Waals surface area contributed by atoms with Gasteiger partial charge < -0.3 is 9.84 Å². The van der Waals surface area contributed by atoms with Crippen LogP contribution in [0.1, 0.15) is 12.5 Å². The van der Waals surface area contributed by atoms with Gasteiger partial charge in [-0.2, -0.15) is 0 Å². The number of carbonyl (C=O) groups is 1. The minimum Gasteiger partial charge on any atom is -0.479 e. The van der Waals surface area contributed by atoms with Crippen LogP contribution in [0, 0.1) is 17.0 Å². The summed E-state index contributed by atoms with van der Waals surface area (Å²) in [5.41, 5.74) is 0.412. The van der Waals surface area contributed by atoms with E-state index in [9.17, 15) is 14.9 Å². The summed E-state index contributed by atoms with van der Waals surface area (Å²) >= 11 is 0. The van der Waals surface area contributed by atoms with Gasteiger partial charge in [-0.05, 0) is 26.0 Å². The molecule has 0 aromatic heterocycles. The number of nitro groups is 1. The highest BCUT2D eigenvalue weighted by molar-refractivity contribution is 5.72. The van der Waals surface area contributed by atoms with E-state index in [1.165, 1.54) is 25.1 Å². The maximum atomic E-state index is 10.5. The lowest BCUT2D eigenvalue weighted by Gasteiger charge is -2.10. The lowest BCUT2D eigenvalue weighted by atomic mass is 10.2. The van der Waals surface area contributed by atoms with E-state index in [2.05, 4.69) is 0 Å². The van der Waals surface area contributed by atoms with E-state index in [1.807, 2.05) is 0 Å². The number of nitro benzene ring substituents is 1. The summed E-state index contributed by atoms with van der Waals surface area (Å²) in [6.45, 7) is 2.95. The summed E-state index contributed by atoms with van der Waals surface area (Å²) in [7, 11) is 0. The van der Waals surface area contributed by atoms with Gasteiger partial charge in [0.2, 0.25) is 0 Å². The van der Waals surface area contributed by atoms with Crippen LogP contribution in [0.2, 0.25) is 0 Å². The Morgan fingerprint density at radius 2 is 2.19 bits per heavy atom. The van der Waals surface area contributed by atoms with Crippen LogP contribution in [0.5, 0.6) is 5.75 Å². The highest BCUT2D eigenvalue weighted by atomic mass is 16.6. The average molecular weight is 225 g/mol. The van der Waals surface area contributed by atoms with Crippen molar-refractivity contribution in [1.29, 1.82) is 0 Å². The molecule has 0 bridgehead atoms. The van der Waals surface area contributed by atoms with Crippen LogP contribution in [0.15, 0.2) is 18.2 Å². The molecule has 0 aliphatic heterocycles. The van der Waals surface area contributed by atoms with Crippen LogP contribution < -0.4 is 4.74 Å². The fourth-order valence-electron chi connectivity index (χ4n) is 1.16. The summed E-state index contributed by atoms with van der Waals surface area (Å²) in [4.78, 5) is 20.6. The molecule has 0 aliphatic carbocycles. The maximum absolute atomic E-state index is 10.5. The van der Waals surface area contributed by atoms with Crippen LogP contribution in [0.3, 0.4) is 0 Å². The van der Waals surface area contributed by atoms with Crippen molar-refractivity contribution in [2.24, 2.45) is 0 Å². The zero-order chi connectivity index (χ0) is 12.3. The van der Waals surface area contributed by atoms with E-state index < -0.39 is 17.0 Å². The molecule has 0 fully saturated rings. The monoisotopic (exact) mass is 225 g/mol. The Morgan fingerprint density at radius 3 is 2.62 bits per heavy atom. The second kappa shape index (κ2) is 4.61. The molecule has 86 valence electrons. The number of aliphatic carboxylic acids is 1. The normalized spacial score (nSPS) is 11.9. The highest BCUT2D eigenvalue weighted by Crippen LogP contribution is 2.23. The second-order valence-corrected chi connectivity index (χ2v) is 3.30. The van der Waals surface area contributed by atoms with Crippen LogP contribution in [0.25, 0.3) is 0 Å². The zero-order valence-electron chi connectivity index (χ0n) is 8.84. The van der Waals surface area contributed by atoms with Gasteiger partial charge in [0.1, 0.15) is 5.75 Å². The Hall–Kier alpha value is -2.11. The van der Waals surface area contributed by atoms with Crippen molar-refractivity contribution in [2.75, 3.05) is 0 Å². The molecule has 0 saturated heterocycles. The number of hydrogen-bond donors (Lipinski definition) is 1. The Morgan fingerprint density at radius 1 is 1.56 bits per heavy atom. The predicted molar refractivity (Wildman–Crippen MR) is 55.6 cm³/mol. The molecule has 1 N–H and O–H groups in total. The Balaban J connectivity index is 2.89. The second-order valence-electron chi connectivity index (χ2n) is 3.30. The summed E-state index contributed by atoms with van der Waals surface area (Å²) in [5.74, 6) is -0.783. The molecule has 1 aromatic carbocycles. The summed E-state index contributed by atoms with van der Waals surface area (Å²) in [6.07, 6.45) is -0.985. The fourth-order valence-corrected chi connectivity index (χ4v) is 1.16. The third-order valence-electron chi connectivity index (χ3n) is 2.03. The van der Waals surface area contributed by atoms with E-state index in [4.69, 9.17) is 9.84 Å². The lowest BCUT2D eigenvalue weighted by Crippen LogP contribution is -2.22. The van der Waals surface area contributed by atoms with Crippen LogP contribution in [0.4, 0.5) is 5.69 Å². The van der Waals surface area contributed by atoms with Gasteiger partial charge in [0.15, 0.2) is 6.10 Å². The predicted octanol–water partition coefficient (Wildman–Crippen LogP) is 1.76. The van der Waals surface area contributed by atoms with Gasteiger partial charge in [0, 0.05) is 11.6 Å². The lowest BCUT2D eigenvalue weighted by molar-refractivity contribution is -0.385. The first-order valence-electron chi connectivity index (χ1n) is 4.56. The van der Waals surface area contributed by atoms with Crippen molar-refractivity contribution in [2.45, 2.75) is 20.0 Å². The molecule has 0 aliphatic rings. The number of aryl methyl sites for hydroxylation is 1. The summed E-state index contributed by atoms with van der Waals surface area (Å²) < 4.78 is 5.07. The SMILES string of the molecule is Cc1cc(O[C@@H](C)C(=O)O)ccc1[N+](=O)[O-]. The molecular weight excluding hydrogens is 214 g/mol. The largest absolute Gasteiger partial charge is 0.479 e. The number of carboxylic acid groups (broad SMARTS) is 1. The third kappa shape index (κ3) is 2.69. The van der Waals surface area contributed by atoms with E-state index >= 15 is 0 Å². The first-order chi connectivity index (χ1) is 7.41. The average Bonchev–Trinajstić information content (AvgIpc) is 2.16. The molecule has 0 heterocycles. The molecule has 0 saturated carbocycles. The van der Waals surface area contributed by atoms with Crippen LogP contribution >= 0.6 is 0 Å². The molecule has 1 atom stereocenters. The number of carboxylic acids is 1. The molecule has 1 aromatic rings. The molecule has 0 unspecified atom stereocenters. The minimum absolute atomic E-state index is 0.0182. The van der Waals surface area contributed by atoms with Gasteiger partial charge in [-0.15, -0.1) is 0 Å². The molecule has 16 heavy (non-hydrogen) atoms. The number of nitrogens with zero attached hydrogens (tertiary/aromatic N) is 1. The number of hydrogen-bond acceptors (Lipinski definition) is 4. The first kappa shape index (κ1) is 12.0. The smallest absolute Gasteiger partial charge is 0.344 e. The van der Waals surface area contributed by atoms with Crippen molar-refractivity contribution in [3.63, 3.8) is 0 Å². The quantitative estimate of drug-likeness (QED) is 0.622. The fraction of sp³-hybridized carbons (Fsp3) is 0.300. The van der Waals surface area contributed by atoms with E-state index in [1.54, 1.807) is 6.92 Å². The number of ether oxygens (including phenoxy) is 1. The Bertz CT molecular complexity index is 429. The van der Waals surface area contributed by atoms with Crippen molar-refractivity contribution < 1.29 is 19.6 Å². The van der Waals surface area contributed by atoms with Crippen LogP contribution in [-0.4, -0.2) is 22.1 Å². The molecule has 6 nitrogen and oxygen atoms in total. The molecule has 0 radical (unpaired) electrons. The standard InChI is InChI=1S/C10H11NO5/c1-6-5-8(16-7(2)10(12)13)3-4-9(6)11(14)15/h3-5,7H,1-2H3,(H,12,13)/t7-/m0/s1. The van der Waals surface area contributed by atoms with Crippen LogP contribution in [-0.2, 0) is 4.79 Å². The van der Waals surface area contributed by atoms with Crippen molar-refractivity contribution >= 4 is 11.7 Å². The molecule has 6 heteroatoms. The van der Waals surface area contributed by atoms with Gasteiger partial charge in [0.25, 0.3) is 5.69 Å². The van der Waals surface area contributed by atoms with E-state index in [0.29, 0.717) is 11.3 Å². The minimum atomic E-state index is -1.09. The first-order valence-corrected chi connectivity index (χ1v) is 4.56. The van der Waals surface area contributed by atoms with Gasteiger partial charge in [0.05, 0.1) is 4.92 Å². The van der Waals surface area contributed by atoms with Crippen molar-refractivity contribution in [3.05, 3.63) is 33.9 Å². The van der Waals surface area contributed by atoms with E-state index in [0.717, 1.165) is 0 Å². The molecule has 1 rings (SSSR count). The summed E-state index contributed by atoms with van der Waals surface area (Å²) in [5, 5.41) is 19.2. The van der Waals surface area contributed by atoms with Crippen molar-refractivity contribution in [3.8, 4) is 5.75 Å². The zero-order valence-corrected chi connectivity index (χ0v) is 8.84. The summed E-state index contributed by atoms with van der Waals surface area (Å²) in [6, 6.07) is 4.11. The third-order valence-corrected chi connectivity index (χ3v) is 2.03. The Labute approximate surface area is 91.6 Å². The molecule has 0 amide bonds.